The van der Waals surface area contributed by atoms with E-state index in [9.17, 15) is 9.59 Å². The van der Waals surface area contributed by atoms with Crippen molar-refractivity contribution < 1.29 is 14.3 Å². The van der Waals surface area contributed by atoms with Crippen LogP contribution >= 0.6 is 0 Å². The zero-order chi connectivity index (χ0) is 16.7. The summed E-state index contributed by atoms with van der Waals surface area (Å²) in [6.45, 7) is 5.86. The van der Waals surface area contributed by atoms with E-state index >= 15 is 0 Å². The summed E-state index contributed by atoms with van der Waals surface area (Å²) >= 11 is 0. The second-order valence-corrected chi connectivity index (χ2v) is 5.65. The third-order valence-electron chi connectivity index (χ3n) is 3.92. The van der Waals surface area contributed by atoms with Crippen LogP contribution in [0.2, 0.25) is 0 Å². The first kappa shape index (κ1) is 17.3. The van der Waals surface area contributed by atoms with Gasteiger partial charge in [0.15, 0.2) is 0 Å². The van der Waals surface area contributed by atoms with E-state index in [4.69, 9.17) is 4.74 Å². The minimum absolute atomic E-state index is 0.0129. The standard InChI is InChI=1S/C17H25N3O3/c1-3-7-18-16(21)13-19-8-10-20(11-9-19)17(22)14-5-4-6-15(12-14)23-2/h4-6,12H,3,7-11,13H2,1-2H3,(H,18,21). The molecule has 1 aliphatic heterocycles. The molecule has 2 amide bonds. The van der Waals surface area contributed by atoms with Gasteiger partial charge in [0, 0.05) is 38.3 Å². The highest BCUT2D eigenvalue weighted by Gasteiger charge is 2.23. The number of hydrogen-bond acceptors (Lipinski definition) is 4. The molecular weight excluding hydrogens is 294 g/mol. The Hall–Kier alpha value is -2.08. The van der Waals surface area contributed by atoms with E-state index in [-0.39, 0.29) is 11.8 Å². The summed E-state index contributed by atoms with van der Waals surface area (Å²) in [5, 5.41) is 2.88. The summed E-state index contributed by atoms with van der Waals surface area (Å²) in [5.74, 6) is 0.750. The van der Waals surface area contributed by atoms with Crippen LogP contribution < -0.4 is 10.1 Å². The van der Waals surface area contributed by atoms with E-state index in [1.54, 1.807) is 19.2 Å². The van der Waals surface area contributed by atoms with Crippen LogP contribution in [0.1, 0.15) is 23.7 Å². The van der Waals surface area contributed by atoms with Crippen molar-refractivity contribution in [3.63, 3.8) is 0 Å². The molecule has 6 heteroatoms. The lowest BCUT2D eigenvalue weighted by atomic mass is 10.1. The summed E-state index contributed by atoms with van der Waals surface area (Å²) in [6, 6.07) is 7.20. The molecule has 23 heavy (non-hydrogen) atoms. The number of carbonyl (C=O) groups excluding carboxylic acids is 2. The van der Waals surface area contributed by atoms with Gasteiger partial charge in [-0.3, -0.25) is 14.5 Å². The third kappa shape index (κ3) is 4.96. The Labute approximate surface area is 137 Å². The van der Waals surface area contributed by atoms with E-state index in [1.165, 1.54) is 0 Å². The van der Waals surface area contributed by atoms with Crippen molar-refractivity contribution in [2.24, 2.45) is 0 Å². The molecule has 0 unspecified atom stereocenters. The molecule has 1 N–H and O–H groups in total. The molecule has 0 spiro atoms. The minimum Gasteiger partial charge on any atom is -0.497 e. The fourth-order valence-corrected chi connectivity index (χ4v) is 2.57. The number of nitrogens with zero attached hydrogens (tertiary/aromatic N) is 2. The zero-order valence-electron chi connectivity index (χ0n) is 13.9. The maximum Gasteiger partial charge on any atom is 0.254 e. The van der Waals surface area contributed by atoms with Crippen LogP contribution in [0.3, 0.4) is 0 Å². The Morgan fingerprint density at radius 1 is 1.22 bits per heavy atom. The summed E-state index contributed by atoms with van der Waals surface area (Å²) in [4.78, 5) is 28.2. The molecule has 1 aliphatic rings. The van der Waals surface area contributed by atoms with E-state index < -0.39 is 0 Å². The number of piperazine rings is 1. The van der Waals surface area contributed by atoms with E-state index in [0.717, 1.165) is 19.5 Å². The van der Waals surface area contributed by atoms with Gasteiger partial charge in [-0.25, -0.2) is 0 Å². The molecule has 0 saturated carbocycles. The molecular formula is C17H25N3O3. The topological polar surface area (TPSA) is 61.9 Å². The Morgan fingerprint density at radius 2 is 1.96 bits per heavy atom. The Bertz CT molecular complexity index is 540. The van der Waals surface area contributed by atoms with Crippen LogP contribution in [-0.2, 0) is 4.79 Å². The van der Waals surface area contributed by atoms with Crippen molar-refractivity contribution in [2.75, 3.05) is 46.4 Å². The number of amides is 2. The van der Waals surface area contributed by atoms with Crippen molar-refractivity contribution in [3.8, 4) is 5.75 Å². The Morgan fingerprint density at radius 3 is 2.61 bits per heavy atom. The van der Waals surface area contributed by atoms with E-state index in [0.29, 0.717) is 37.5 Å². The molecule has 126 valence electrons. The average Bonchev–Trinajstić information content (AvgIpc) is 2.60. The lowest BCUT2D eigenvalue weighted by Gasteiger charge is -2.34. The third-order valence-corrected chi connectivity index (χ3v) is 3.92. The molecule has 0 aliphatic carbocycles. The normalized spacial score (nSPS) is 15.3. The molecule has 6 nitrogen and oxygen atoms in total. The molecule has 2 rings (SSSR count). The maximum atomic E-state index is 12.5. The van der Waals surface area contributed by atoms with Crippen LogP contribution in [0.4, 0.5) is 0 Å². The van der Waals surface area contributed by atoms with Gasteiger partial charge >= 0.3 is 0 Å². The molecule has 0 atom stereocenters. The number of benzene rings is 1. The first-order valence-electron chi connectivity index (χ1n) is 8.06. The van der Waals surface area contributed by atoms with Crippen molar-refractivity contribution in [3.05, 3.63) is 29.8 Å². The van der Waals surface area contributed by atoms with Gasteiger partial charge in [-0.15, -0.1) is 0 Å². The van der Waals surface area contributed by atoms with Gasteiger partial charge in [0.05, 0.1) is 13.7 Å². The monoisotopic (exact) mass is 319 g/mol. The first-order valence-corrected chi connectivity index (χ1v) is 8.06. The molecule has 1 aromatic carbocycles. The predicted octanol–water partition coefficient (Wildman–Crippen LogP) is 0.979. The summed E-state index contributed by atoms with van der Waals surface area (Å²) in [7, 11) is 1.59. The van der Waals surface area contributed by atoms with Gasteiger partial charge in [0.25, 0.3) is 5.91 Å². The molecule has 0 aromatic heterocycles. The number of carbonyl (C=O) groups is 2. The van der Waals surface area contributed by atoms with E-state index in [1.807, 2.05) is 24.0 Å². The molecule has 1 saturated heterocycles. The number of ether oxygens (including phenoxy) is 1. The van der Waals surface area contributed by atoms with Crippen LogP contribution in [0, 0.1) is 0 Å². The number of methoxy groups -OCH3 is 1. The fraction of sp³-hybridized carbons (Fsp3) is 0.529. The Balaban J connectivity index is 1.83. The van der Waals surface area contributed by atoms with Crippen LogP contribution in [0.5, 0.6) is 5.75 Å². The quantitative estimate of drug-likeness (QED) is 0.849. The van der Waals surface area contributed by atoms with Crippen LogP contribution in [-0.4, -0.2) is 68.0 Å². The molecule has 1 aromatic rings. The number of hydrogen-bond donors (Lipinski definition) is 1. The molecule has 0 bridgehead atoms. The van der Waals surface area contributed by atoms with E-state index in [2.05, 4.69) is 10.2 Å². The molecule has 0 radical (unpaired) electrons. The lowest BCUT2D eigenvalue weighted by molar-refractivity contribution is -0.122. The summed E-state index contributed by atoms with van der Waals surface area (Å²) in [6.07, 6.45) is 0.939. The lowest BCUT2D eigenvalue weighted by Crippen LogP contribution is -2.51. The number of rotatable bonds is 6. The SMILES string of the molecule is CCCNC(=O)CN1CCN(C(=O)c2cccc(OC)c2)CC1. The largest absolute Gasteiger partial charge is 0.497 e. The maximum absolute atomic E-state index is 12.5. The summed E-state index contributed by atoms with van der Waals surface area (Å²) < 4.78 is 5.16. The second-order valence-electron chi connectivity index (χ2n) is 5.65. The van der Waals surface area contributed by atoms with Gasteiger partial charge in [0.1, 0.15) is 5.75 Å². The van der Waals surface area contributed by atoms with Gasteiger partial charge < -0.3 is 15.0 Å². The fourth-order valence-electron chi connectivity index (χ4n) is 2.57. The molecule has 1 fully saturated rings. The van der Waals surface area contributed by atoms with Crippen molar-refractivity contribution >= 4 is 11.8 Å². The van der Waals surface area contributed by atoms with Crippen molar-refractivity contribution in [1.29, 1.82) is 0 Å². The van der Waals surface area contributed by atoms with Gasteiger partial charge in [-0.1, -0.05) is 13.0 Å². The van der Waals surface area contributed by atoms with Gasteiger partial charge in [-0.2, -0.15) is 0 Å². The Kier molecular flexibility index (Phi) is 6.40. The highest BCUT2D eigenvalue weighted by Crippen LogP contribution is 2.15. The highest BCUT2D eigenvalue weighted by molar-refractivity contribution is 5.94. The predicted molar refractivity (Wildman–Crippen MR) is 88.6 cm³/mol. The first-order chi connectivity index (χ1) is 11.1. The highest BCUT2D eigenvalue weighted by atomic mass is 16.5. The van der Waals surface area contributed by atoms with Crippen molar-refractivity contribution in [1.82, 2.24) is 15.1 Å². The second kappa shape index (κ2) is 8.53. The zero-order valence-corrected chi connectivity index (χ0v) is 13.9. The smallest absolute Gasteiger partial charge is 0.254 e. The van der Waals surface area contributed by atoms with Crippen molar-refractivity contribution in [2.45, 2.75) is 13.3 Å². The number of nitrogens with one attached hydrogen (secondary N) is 1. The van der Waals surface area contributed by atoms with Crippen LogP contribution in [0.15, 0.2) is 24.3 Å². The van der Waals surface area contributed by atoms with Gasteiger partial charge in [-0.05, 0) is 24.6 Å². The van der Waals surface area contributed by atoms with Gasteiger partial charge in [0.2, 0.25) is 5.91 Å². The van der Waals surface area contributed by atoms with Crippen LogP contribution in [0.25, 0.3) is 0 Å². The summed E-state index contributed by atoms with van der Waals surface area (Å²) in [5.41, 5.74) is 0.637. The average molecular weight is 319 g/mol. The minimum atomic E-state index is 0.0129. The molecule has 1 heterocycles.